The zero-order valence-electron chi connectivity index (χ0n) is 18.6. The Balaban J connectivity index is 1.91. The summed E-state index contributed by atoms with van der Waals surface area (Å²) in [5.74, 6) is 1.53. The van der Waals surface area contributed by atoms with Gasteiger partial charge in [0.05, 0.1) is 12.2 Å². The highest BCUT2D eigenvalue weighted by atomic mass is 16.5. The molecule has 0 saturated heterocycles. The number of ether oxygens (including phenoxy) is 2. The van der Waals surface area contributed by atoms with Crippen molar-refractivity contribution in [3.63, 3.8) is 0 Å². The average molecular weight is 411 g/mol. The summed E-state index contributed by atoms with van der Waals surface area (Å²) >= 11 is 0. The van der Waals surface area contributed by atoms with Gasteiger partial charge in [-0.15, -0.1) is 0 Å². The number of hydrogen-bond donors (Lipinski definition) is 1. The quantitative estimate of drug-likeness (QED) is 0.542. The molecule has 1 amide bonds. The van der Waals surface area contributed by atoms with Crippen LogP contribution < -0.4 is 10.1 Å². The lowest BCUT2D eigenvalue weighted by atomic mass is 9.89. The van der Waals surface area contributed by atoms with Gasteiger partial charge in [0, 0.05) is 25.9 Å². The first kappa shape index (κ1) is 22.2. The SMILES string of the molecule is CCC1(c2ccc(OCCC(C)C)cc2)Nc2ccccc2C(=O)N1CCCOC. The van der Waals surface area contributed by atoms with E-state index in [2.05, 4.69) is 38.2 Å². The lowest BCUT2D eigenvalue weighted by Gasteiger charge is -2.48. The predicted molar refractivity (Wildman–Crippen MR) is 121 cm³/mol. The Labute approximate surface area is 180 Å². The molecule has 2 aromatic rings. The van der Waals surface area contributed by atoms with E-state index in [-0.39, 0.29) is 5.91 Å². The van der Waals surface area contributed by atoms with Crippen molar-refractivity contribution < 1.29 is 14.3 Å². The van der Waals surface area contributed by atoms with Crippen LogP contribution in [-0.2, 0) is 10.4 Å². The summed E-state index contributed by atoms with van der Waals surface area (Å²) in [5.41, 5.74) is 2.05. The van der Waals surface area contributed by atoms with Crippen LogP contribution in [0.5, 0.6) is 5.75 Å². The van der Waals surface area contributed by atoms with Gasteiger partial charge in [-0.1, -0.05) is 45.0 Å². The second-order valence-corrected chi connectivity index (χ2v) is 8.24. The number of fused-ring (bicyclic) bond motifs is 1. The molecule has 1 unspecified atom stereocenters. The van der Waals surface area contributed by atoms with Crippen molar-refractivity contribution in [2.24, 2.45) is 5.92 Å². The molecular formula is C25H34N2O3. The molecule has 30 heavy (non-hydrogen) atoms. The highest BCUT2D eigenvalue weighted by Gasteiger charge is 2.44. The molecule has 0 radical (unpaired) electrons. The Kier molecular flexibility index (Phi) is 7.38. The minimum atomic E-state index is -0.602. The average Bonchev–Trinajstić information content (AvgIpc) is 2.75. The van der Waals surface area contributed by atoms with Crippen molar-refractivity contribution >= 4 is 11.6 Å². The van der Waals surface area contributed by atoms with Gasteiger partial charge in [-0.05, 0) is 55.0 Å². The zero-order chi connectivity index (χ0) is 21.6. The maximum absolute atomic E-state index is 13.5. The fourth-order valence-corrected chi connectivity index (χ4v) is 4.00. The van der Waals surface area contributed by atoms with Gasteiger partial charge in [0.1, 0.15) is 11.4 Å². The number of nitrogens with zero attached hydrogens (tertiary/aromatic N) is 1. The molecule has 5 nitrogen and oxygen atoms in total. The number of methoxy groups -OCH3 is 1. The largest absolute Gasteiger partial charge is 0.494 e. The van der Waals surface area contributed by atoms with Crippen LogP contribution in [0.25, 0.3) is 0 Å². The van der Waals surface area contributed by atoms with E-state index in [4.69, 9.17) is 9.47 Å². The third-order valence-electron chi connectivity index (χ3n) is 5.74. The van der Waals surface area contributed by atoms with Crippen LogP contribution in [0.2, 0.25) is 0 Å². The van der Waals surface area contributed by atoms with Crippen LogP contribution in [-0.4, -0.2) is 37.7 Å². The first-order valence-electron chi connectivity index (χ1n) is 10.9. The molecule has 0 aromatic heterocycles. The number of para-hydroxylation sites is 1. The topological polar surface area (TPSA) is 50.8 Å². The summed E-state index contributed by atoms with van der Waals surface area (Å²) in [6, 6.07) is 15.9. The molecule has 0 saturated carbocycles. The first-order valence-corrected chi connectivity index (χ1v) is 10.9. The normalized spacial score (nSPS) is 18.3. The van der Waals surface area contributed by atoms with E-state index >= 15 is 0 Å². The molecule has 1 heterocycles. The molecule has 1 aliphatic rings. The van der Waals surface area contributed by atoms with Gasteiger partial charge in [-0.3, -0.25) is 4.79 Å². The van der Waals surface area contributed by atoms with E-state index in [1.165, 1.54) is 0 Å². The summed E-state index contributed by atoms with van der Waals surface area (Å²) in [4.78, 5) is 15.4. The molecule has 3 rings (SSSR count). The van der Waals surface area contributed by atoms with Crippen LogP contribution in [0.3, 0.4) is 0 Å². The van der Waals surface area contributed by atoms with Gasteiger partial charge in [0.15, 0.2) is 0 Å². The fraction of sp³-hybridized carbons (Fsp3) is 0.480. The number of amides is 1. The van der Waals surface area contributed by atoms with Gasteiger partial charge in [0.25, 0.3) is 5.91 Å². The number of hydrogen-bond acceptors (Lipinski definition) is 4. The Morgan fingerprint density at radius 2 is 1.80 bits per heavy atom. The number of rotatable bonds is 10. The number of carbonyl (C=O) groups excluding carboxylic acids is 1. The van der Waals surface area contributed by atoms with E-state index in [1.54, 1.807) is 7.11 Å². The van der Waals surface area contributed by atoms with Crippen molar-refractivity contribution in [2.75, 3.05) is 32.2 Å². The lowest BCUT2D eigenvalue weighted by Crippen LogP contribution is -2.57. The monoisotopic (exact) mass is 410 g/mol. The Bertz CT molecular complexity index is 835. The number of benzene rings is 2. The van der Waals surface area contributed by atoms with E-state index in [9.17, 15) is 4.79 Å². The van der Waals surface area contributed by atoms with Gasteiger partial charge in [-0.25, -0.2) is 0 Å². The van der Waals surface area contributed by atoms with E-state index in [0.29, 0.717) is 31.2 Å². The van der Waals surface area contributed by atoms with Gasteiger partial charge < -0.3 is 19.7 Å². The maximum atomic E-state index is 13.5. The summed E-state index contributed by atoms with van der Waals surface area (Å²) in [6.07, 6.45) is 2.55. The van der Waals surface area contributed by atoms with Crippen LogP contribution in [0.1, 0.15) is 56.0 Å². The molecule has 1 atom stereocenters. The molecule has 0 spiro atoms. The Morgan fingerprint density at radius 1 is 1.07 bits per heavy atom. The second-order valence-electron chi connectivity index (χ2n) is 8.24. The lowest BCUT2D eigenvalue weighted by molar-refractivity contribution is 0.0451. The van der Waals surface area contributed by atoms with Crippen molar-refractivity contribution in [3.8, 4) is 5.75 Å². The van der Waals surface area contributed by atoms with Gasteiger partial charge in [-0.2, -0.15) is 0 Å². The van der Waals surface area contributed by atoms with Gasteiger partial charge >= 0.3 is 0 Å². The molecule has 162 valence electrons. The van der Waals surface area contributed by atoms with Crippen LogP contribution >= 0.6 is 0 Å². The summed E-state index contributed by atoms with van der Waals surface area (Å²) < 4.78 is 11.1. The molecule has 0 bridgehead atoms. The first-order chi connectivity index (χ1) is 14.5. The number of carbonyl (C=O) groups is 1. The molecule has 0 fully saturated rings. The molecule has 0 aliphatic carbocycles. The summed E-state index contributed by atoms with van der Waals surface area (Å²) in [6.45, 7) is 8.45. The Morgan fingerprint density at radius 3 is 2.47 bits per heavy atom. The smallest absolute Gasteiger partial charge is 0.258 e. The number of anilines is 1. The second kappa shape index (κ2) is 9.98. The van der Waals surface area contributed by atoms with Crippen LogP contribution in [0.4, 0.5) is 5.69 Å². The van der Waals surface area contributed by atoms with Crippen LogP contribution in [0, 0.1) is 5.92 Å². The maximum Gasteiger partial charge on any atom is 0.258 e. The van der Waals surface area contributed by atoms with Crippen molar-refractivity contribution in [1.82, 2.24) is 4.90 Å². The van der Waals surface area contributed by atoms with Crippen LogP contribution in [0.15, 0.2) is 48.5 Å². The fourth-order valence-electron chi connectivity index (χ4n) is 4.00. The van der Waals surface area contributed by atoms with Crippen molar-refractivity contribution in [1.29, 1.82) is 0 Å². The molecule has 1 aliphatic heterocycles. The summed E-state index contributed by atoms with van der Waals surface area (Å²) in [5, 5.41) is 3.68. The molecule has 1 N–H and O–H groups in total. The Hall–Kier alpha value is -2.53. The highest BCUT2D eigenvalue weighted by molar-refractivity contribution is 6.02. The van der Waals surface area contributed by atoms with E-state index < -0.39 is 5.66 Å². The minimum absolute atomic E-state index is 0.0552. The molecular weight excluding hydrogens is 376 g/mol. The number of nitrogens with one attached hydrogen (secondary N) is 1. The van der Waals surface area contributed by atoms with E-state index in [0.717, 1.165) is 36.3 Å². The standard InChI is InChI=1S/C25H34N2O3/c1-5-25(20-11-13-21(14-12-20)30-18-15-19(2)3)26-23-10-7-6-9-22(23)24(28)27(25)16-8-17-29-4/h6-7,9-14,19,26H,5,8,15-18H2,1-4H3. The third-order valence-corrected chi connectivity index (χ3v) is 5.74. The van der Waals surface area contributed by atoms with E-state index in [1.807, 2.05) is 41.3 Å². The molecule has 5 heteroatoms. The van der Waals surface area contributed by atoms with Crippen molar-refractivity contribution in [3.05, 3.63) is 59.7 Å². The van der Waals surface area contributed by atoms with Gasteiger partial charge in [0.2, 0.25) is 0 Å². The van der Waals surface area contributed by atoms with Crippen molar-refractivity contribution in [2.45, 2.75) is 45.7 Å². The zero-order valence-corrected chi connectivity index (χ0v) is 18.6. The molecule has 2 aromatic carbocycles. The highest BCUT2D eigenvalue weighted by Crippen LogP contribution is 2.40. The minimum Gasteiger partial charge on any atom is -0.494 e. The third kappa shape index (κ3) is 4.62. The summed E-state index contributed by atoms with van der Waals surface area (Å²) in [7, 11) is 1.69. The predicted octanol–water partition coefficient (Wildman–Crippen LogP) is 5.28.